The quantitative estimate of drug-likeness (QED) is 0.393. The molecule has 0 atom stereocenters. The number of alkyl halides is 3. The van der Waals surface area contributed by atoms with E-state index >= 15 is 0 Å². The van der Waals surface area contributed by atoms with Gasteiger partial charge in [0.1, 0.15) is 11.5 Å². The Bertz CT molecular complexity index is 1080. The van der Waals surface area contributed by atoms with E-state index in [9.17, 15) is 13.2 Å². The fourth-order valence-electron chi connectivity index (χ4n) is 3.80. The first kappa shape index (κ1) is 24.7. The molecule has 0 aliphatic carbocycles. The lowest BCUT2D eigenvalue weighted by Gasteiger charge is -2.36. The molecule has 1 aliphatic heterocycles. The van der Waals surface area contributed by atoms with E-state index in [4.69, 9.17) is 27.7 Å². The van der Waals surface area contributed by atoms with Crippen molar-refractivity contribution in [2.45, 2.75) is 19.6 Å². The van der Waals surface area contributed by atoms with E-state index in [-0.39, 0.29) is 23.7 Å². The third kappa shape index (κ3) is 5.17. The Morgan fingerprint density at radius 1 is 1.00 bits per heavy atom. The Labute approximate surface area is 200 Å². The molecule has 2 heterocycles. The fourth-order valence-corrected chi connectivity index (χ4v) is 4.09. The van der Waals surface area contributed by atoms with Crippen molar-refractivity contribution in [1.29, 1.82) is 0 Å². The molecule has 1 fully saturated rings. The van der Waals surface area contributed by atoms with Crippen LogP contribution in [0.15, 0.2) is 47.0 Å². The second kappa shape index (κ2) is 9.91. The predicted octanol–water partition coefficient (Wildman–Crippen LogP) is 6.72. The summed E-state index contributed by atoms with van der Waals surface area (Å²) in [5.41, 5.74) is 1.25. The molecule has 0 N–H and O–H groups in total. The third-order valence-electron chi connectivity index (χ3n) is 5.49. The van der Waals surface area contributed by atoms with Gasteiger partial charge >= 0.3 is 6.18 Å². The summed E-state index contributed by atoms with van der Waals surface area (Å²) in [5, 5.41) is 4.99. The molecule has 1 aliphatic rings. The molecule has 3 aromatic rings. The molecule has 4 rings (SSSR count). The lowest BCUT2D eigenvalue weighted by molar-refractivity contribution is -0.137. The van der Waals surface area contributed by atoms with E-state index in [1.54, 1.807) is 19.1 Å². The number of benzene rings is 2. The summed E-state index contributed by atoms with van der Waals surface area (Å²) in [4.78, 5) is 4.40. The third-order valence-corrected chi connectivity index (χ3v) is 6.23. The molecule has 32 heavy (non-hydrogen) atoms. The van der Waals surface area contributed by atoms with Gasteiger partial charge in [0.2, 0.25) is 0 Å². The van der Waals surface area contributed by atoms with E-state index in [0.29, 0.717) is 27.9 Å². The minimum absolute atomic E-state index is 0. The van der Waals surface area contributed by atoms with Gasteiger partial charge in [0, 0.05) is 49.5 Å². The Kier molecular flexibility index (Phi) is 7.65. The first-order chi connectivity index (χ1) is 14.7. The lowest BCUT2D eigenvalue weighted by atomic mass is 10.00. The average Bonchev–Trinajstić information content (AvgIpc) is 3.10. The van der Waals surface area contributed by atoms with E-state index in [1.165, 1.54) is 12.1 Å². The van der Waals surface area contributed by atoms with Crippen molar-refractivity contribution in [3.8, 4) is 11.3 Å². The van der Waals surface area contributed by atoms with Gasteiger partial charge in [-0.25, -0.2) is 0 Å². The zero-order chi connectivity index (χ0) is 22.2. The van der Waals surface area contributed by atoms with Crippen LogP contribution in [0.5, 0.6) is 0 Å². The van der Waals surface area contributed by atoms with Gasteiger partial charge in [-0.05, 0) is 31.2 Å². The van der Waals surface area contributed by atoms with Gasteiger partial charge in [-0.1, -0.05) is 46.6 Å². The van der Waals surface area contributed by atoms with Crippen LogP contribution in [-0.2, 0) is 12.7 Å². The Balaban J connectivity index is 0.00000289. The molecule has 2 aromatic carbocycles. The standard InChI is InChI=1S/C22H20Cl2F3N3O.ClH/c1-14-17(21(28-31-14)16-4-2-3-5-18(16)22(25,26)27)13-29-8-10-30(11-9-29)15-6-7-19(23)20(24)12-15;/h2-7,12H,8-11,13H2,1H3;1H. The van der Waals surface area contributed by atoms with Gasteiger partial charge in [0.15, 0.2) is 0 Å². The second-order valence-electron chi connectivity index (χ2n) is 7.47. The van der Waals surface area contributed by atoms with Crippen molar-refractivity contribution in [2.24, 2.45) is 0 Å². The van der Waals surface area contributed by atoms with E-state index in [2.05, 4.69) is 15.0 Å². The van der Waals surface area contributed by atoms with E-state index in [1.807, 2.05) is 12.1 Å². The first-order valence-electron chi connectivity index (χ1n) is 9.78. The highest BCUT2D eigenvalue weighted by molar-refractivity contribution is 6.42. The van der Waals surface area contributed by atoms with E-state index < -0.39 is 11.7 Å². The second-order valence-corrected chi connectivity index (χ2v) is 8.29. The highest BCUT2D eigenvalue weighted by Crippen LogP contribution is 2.38. The highest BCUT2D eigenvalue weighted by Gasteiger charge is 2.35. The molecule has 1 aromatic heterocycles. The van der Waals surface area contributed by atoms with Gasteiger partial charge < -0.3 is 9.42 Å². The monoisotopic (exact) mass is 505 g/mol. The van der Waals surface area contributed by atoms with Crippen LogP contribution in [0.2, 0.25) is 10.0 Å². The molecule has 0 amide bonds. The number of halogens is 6. The maximum Gasteiger partial charge on any atom is 0.417 e. The van der Waals surface area contributed by atoms with Crippen molar-refractivity contribution >= 4 is 41.3 Å². The SMILES string of the molecule is Cc1onc(-c2ccccc2C(F)(F)F)c1CN1CCN(c2ccc(Cl)c(Cl)c2)CC1.Cl. The zero-order valence-corrected chi connectivity index (χ0v) is 19.5. The molecule has 1 saturated heterocycles. The summed E-state index contributed by atoms with van der Waals surface area (Å²) >= 11 is 12.1. The average molecular weight is 507 g/mol. The van der Waals surface area contributed by atoms with Gasteiger partial charge in [0.05, 0.1) is 15.6 Å². The lowest BCUT2D eigenvalue weighted by Crippen LogP contribution is -2.46. The number of rotatable bonds is 4. The Hall–Kier alpha value is -1.93. The number of nitrogens with zero attached hydrogens (tertiary/aromatic N) is 3. The normalized spacial score (nSPS) is 15.0. The number of hydrogen-bond acceptors (Lipinski definition) is 4. The summed E-state index contributed by atoms with van der Waals surface area (Å²) in [6.07, 6.45) is -4.47. The first-order valence-corrected chi connectivity index (χ1v) is 10.5. The van der Waals surface area contributed by atoms with Crippen molar-refractivity contribution in [2.75, 3.05) is 31.1 Å². The Morgan fingerprint density at radius 2 is 1.69 bits per heavy atom. The highest BCUT2D eigenvalue weighted by atomic mass is 35.5. The van der Waals surface area contributed by atoms with Gasteiger partial charge in [-0.2, -0.15) is 13.2 Å². The van der Waals surface area contributed by atoms with Gasteiger partial charge in [0.25, 0.3) is 0 Å². The molecule has 10 heteroatoms. The molecule has 0 radical (unpaired) electrons. The van der Waals surface area contributed by atoms with Crippen LogP contribution in [0.1, 0.15) is 16.9 Å². The van der Waals surface area contributed by atoms with Crippen LogP contribution < -0.4 is 4.90 Å². The molecule has 0 spiro atoms. The predicted molar refractivity (Wildman–Crippen MR) is 123 cm³/mol. The number of hydrogen-bond donors (Lipinski definition) is 0. The van der Waals surface area contributed by atoms with Crippen molar-refractivity contribution in [3.05, 3.63) is 69.4 Å². The van der Waals surface area contributed by atoms with Crippen molar-refractivity contribution < 1.29 is 17.7 Å². The van der Waals surface area contributed by atoms with Crippen molar-refractivity contribution in [3.63, 3.8) is 0 Å². The fraction of sp³-hybridized carbons (Fsp3) is 0.318. The minimum atomic E-state index is -4.47. The minimum Gasteiger partial charge on any atom is -0.369 e. The number of anilines is 1. The maximum atomic E-state index is 13.5. The number of aromatic nitrogens is 1. The van der Waals surface area contributed by atoms with Crippen LogP contribution in [0.25, 0.3) is 11.3 Å². The molecular formula is C22H21Cl3F3N3O. The van der Waals surface area contributed by atoms with Crippen LogP contribution in [0.3, 0.4) is 0 Å². The summed E-state index contributed by atoms with van der Waals surface area (Å²) < 4.78 is 45.8. The van der Waals surface area contributed by atoms with Gasteiger partial charge in [-0.3, -0.25) is 4.90 Å². The number of piperazine rings is 1. The molecular weight excluding hydrogens is 486 g/mol. The molecule has 4 nitrogen and oxygen atoms in total. The molecule has 0 bridgehead atoms. The topological polar surface area (TPSA) is 32.5 Å². The summed E-state index contributed by atoms with van der Waals surface area (Å²) in [6.45, 7) is 5.20. The Morgan fingerprint density at radius 3 is 2.34 bits per heavy atom. The smallest absolute Gasteiger partial charge is 0.369 e. The summed E-state index contributed by atoms with van der Waals surface area (Å²) in [7, 11) is 0. The van der Waals surface area contributed by atoms with Crippen LogP contribution >= 0.6 is 35.6 Å². The van der Waals surface area contributed by atoms with Crippen LogP contribution in [0.4, 0.5) is 18.9 Å². The molecule has 0 unspecified atom stereocenters. The van der Waals surface area contributed by atoms with Gasteiger partial charge in [-0.15, -0.1) is 12.4 Å². The van der Waals surface area contributed by atoms with Crippen LogP contribution in [-0.4, -0.2) is 36.2 Å². The number of aryl methyl sites for hydroxylation is 1. The summed E-state index contributed by atoms with van der Waals surface area (Å²) in [5.74, 6) is 0.527. The molecule has 0 saturated carbocycles. The largest absolute Gasteiger partial charge is 0.417 e. The molecule has 172 valence electrons. The maximum absolute atomic E-state index is 13.5. The van der Waals surface area contributed by atoms with E-state index in [0.717, 1.165) is 37.9 Å². The van der Waals surface area contributed by atoms with Crippen LogP contribution in [0, 0.1) is 6.92 Å². The zero-order valence-electron chi connectivity index (χ0n) is 17.1. The summed E-state index contributed by atoms with van der Waals surface area (Å²) in [6, 6.07) is 11.0. The van der Waals surface area contributed by atoms with Crippen molar-refractivity contribution in [1.82, 2.24) is 10.1 Å².